The van der Waals surface area contributed by atoms with Crippen LogP contribution in [-0.4, -0.2) is 4.98 Å². The van der Waals surface area contributed by atoms with Gasteiger partial charge >= 0.3 is 0 Å². The largest absolute Gasteiger partial charge is 0.331 e. The standard InChI is InChI=1S/C20H16N2S/c1-14-6-2-5-9-18(14)21-20-22-19(13-23-20)17-11-10-15-7-3-4-8-16(15)12-17/h2-13H,1H3,(H,21,22). The van der Waals surface area contributed by atoms with E-state index in [4.69, 9.17) is 4.98 Å². The average Bonchev–Trinajstić information content (AvgIpc) is 3.05. The Morgan fingerprint density at radius 3 is 2.52 bits per heavy atom. The van der Waals surface area contributed by atoms with Crippen LogP contribution >= 0.6 is 11.3 Å². The second kappa shape index (κ2) is 5.86. The molecule has 0 saturated heterocycles. The molecule has 3 heteroatoms. The first kappa shape index (κ1) is 14.0. The van der Waals surface area contributed by atoms with Crippen LogP contribution in [-0.2, 0) is 0 Å². The maximum Gasteiger partial charge on any atom is 0.187 e. The van der Waals surface area contributed by atoms with Crippen LogP contribution in [0.25, 0.3) is 22.0 Å². The molecule has 0 fully saturated rings. The molecule has 112 valence electrons. The number of benzene rings is 3. The van der Waals surface area contributed by atoms with Crippen LogP contribution in [0.2, 0.25) is 0 Å². The Kier molecular flexibility index (Phi) is 3.56. The number of aromatic nitrogens is 1. The molecule has 0 amide bonds. The highest BCUT2D eigenvalue weighted by atomic mass is 32.1. The summed E-state index contributed by atoms with van der Waals surface area (Å²) in [7, 11) is 0. The highest BCUT2D eigenvalue weighted by molar-refractivity contribution is 7.14. The van der Waals surface area contributed by atoms with Gasteiger partial charge in [-0.25, -0.2) is 4.98 Å². The third kappa shape index (κ3) is 2.83. The van der Waals surface area contributed by atoms with Crippen LogP contribution in [0, 0.1) is 6.92 Å². The van der Waals surface area contributed by atoms with Gasteiger partial charge in [0, 0.05) is 16.6 Å². The zero-order valence-corrected chi connectivity index (χ0v) is 13.6. The van der Waals surface area contributed by atoms with Crippen LogP contribution in [0.1, 0.15) is 5.56 Å². The number of hydrogen-bond donors (Lipinski definition) is 1. The Morgan fingerprint density at radius 2 is 1.65 bits per heavy atom. The molecule has 4 rings (SSSR count). The highest BCUT2D eigenvalue weighted by Gasteiger charge is 2.06. The number of aryl methyl sites for hydroxylation is 1. The molecule has 0 radical (unpaired) electrons. The van der Waals surface area contributed by atoms with E-state index in [1.165, 1.54) is 16.3 Å². The molecule has 1 aromatic heterocycles. The Hall–Kier alpha value is -2.65. The molecule has 0 aliphatic heterocycles. The van der Waals surface area contributed by atoms with E-state index in [-0.39, 0.29) is 0 Å². The van der Waals surface area contributed by atoms with Crippen molar-refractivity contribution >= 4 is 32.9 Å². The Balaban J connectivity index is 1.65. The number of hydrogen-bond acceptors (Lipinski definition) is 3. The van der Waals surface area contributed by atoms with Crippen molar-refractivity contribution in [3.05, 3.63) is 77.7 Å². The molecule has 0 aliphatic rings. The summed E-state index contributed by atoms with van der Waals surface area (Å²) in [4.78, 5) is 4.73. The Morgan fingerprint density at radius 1 is 0.870 bits per heavy atom. The lowest BCUT2D eigenvalue weighted by Crippen LogP contribution is -1.92. The molecule has 3 aromatic carbocycles. The molecular weight excluding hydrogens is 300 g/mol. The van der Waals surface area contributed by atoms with Gasteiger partial charge in [0.15, 0.2) is 5.13 Å². The second-order valence-corrected chi connectivity index (χ2v) is 6.40. The van der Waals surface area contributed by atoms with E-state index >= 15 is 0 Å². The van der Waals surface area contributed by atoms with Gasteiger partial charge in [0.2, 0.25) is 0 Å². The van der Waals surface area contributed by atoms with Crippen LogP contribution in [0.5, 0.6) is 0 Å². The SMILES string of the molecule is Cc1ccccc1Nc1nc(-c2ccc3ccccc3c2)cs1. The predicted molar refractivity (Wildman–Crippen MR) is 99.5 cm³/mol. The molecule has 0 spiro atoms. The minimum atomic E-state index is 0.919. The van der Waals surface area contributed by atoms with Crippen molar-refractivity contribution in [1.29, 1.82) is 0 Å². The van der Waals surface area contributed by atoms with Gasteiger partial charge in [0.05, 0.1) is 5.69 Å². The third-order valence-electron chi connectivity index (χ3n) is 3.94. The second-order valence-electron chi connectivity index (χ2n) is 5.54. The van der Waals surface area contributed by atoms with Gasteiger partial charge < -0.3 is 5.32 Å². The van der Waals surface area contributed by atoms with Gasteiger partial charge in [-0.1, -0.05) is 54.6 Å². The molecule has 1 heterocycles. The van der Waals surface area contributed by atoms with E-state index in [0.29, 0.717) is 0 Å². The fourth-order valence-corrected chi connectivity index (χ4v) is 3.37. The Bertz CT molecular complexity index is 972. The molecular formula is C20H16N2S. The number of thiazole rings is 1. The maximum absolute atomic E-state index is 4.73. The van der Waals surface area contributed by atoms with Gasteiger partial charge in [0.1, 0.15) is 0 Å². The predicted octanol–water partition coefficient (Wildman–Crippen LogP) is 6.02. The number of rotatable bonds is 3. The molecule has 0 saturated carbocycles. The average molecular weight is 316 g/mol. The van der Waals surface area contributed by atoms with E-state index in [1.54, 1.807) is 11.3 Å². The molecule has 1 N–H and O–H groups in total. The summed E-state index contributed by atoms with van der Waals surface area (Å²) in [6, 6.07) is 23.1. The van der Waals surface area contributed by atoms with E-state index in [2.05, 4.69) is 72.2 Å². The van der Waals surface area contributed by atoms with Crippen LogP contribution in [0.15, 0.2) is 72.1 Å². The van der Waals surface area contributed by atoms with Crippen LogP contribution < -0.4 is 5.32 Å². The minimum Gasteiger partial charge on any atom is -0.331 e. The van der Waals surface area contributed by atoms with Gasteiger partial charge in [-0.3, -0.25) is 0 Å². The molecule has 0 unspecified atom stereocenters. The van der Waals surface area contributed by atoms with Crippen molar-refractivity contribution in [2.75, 3.05) is 5.32 Å². The smallest absolute Gasteiger partial charge is 0.187 e. The van der Waals surface area contributed by atoms with Crippen molar-refractivity contribution in [3.63, 3.8) is 0 Å². The Labute approximate surface area is 139 Å². The van der Waals surface area contributed by atoms with Crippen molar-refractivity contribution in [1.82, 2.24) is 4.98 Å². The first-order chi connectivity index (χ1) is 11.3. The van der Waals surface area contributed by atoms with Crippen molar-refractivity contribution < 1.29 is 0 Å². The first-order valence-corrected chi connectivity index (χ1v) is 8.45. The van der Waals surface area contributed by atoms with Crippen molar-refractivity contribution in [2.24, 2.45) is 0 Å². The van der Waals surface area contributed by atoms with Crippen LogP contribution in [0.3, 0.4) is 0 Å². The summed E-state index contributed by atoms with van der Waals surface area (Å²) < 4.78 is 0. The summed E-state index contributed by atoms with van der Waals surface area (Å²) in [5.41, 5.74) is 4.48. The summed E-state index contributed by atoms with van der Waals surface area (Å²) in [6.07, 6.45) is 0. The topological polar surface area (TPSA) is 24.9 Å². The fraction of sp³-hybridized carbons (Fsp3) is 0.0500. The van der Waals surface area contributed by atoms with Gasteiger partial charge in [-0.15, -0.1) is 11.3 Å². The third-order valence-corrected chi connectivity index (χ3v) is 4.69. The lowest BCUT2D eigenvalue weighted by Gasteiger charge is -2.05. The molecule has 0 aliphatic carbocycles. The summed E-state index contributed by atoms with van der Waals surface area (Å²) in [5, 5.41) is 8.92. The van der Waals surface area contributed by atoms with Gasteiger partial charge in [0.25, 0.3) is 0 Å². The molecule has 0 atom stereocenters. The van der Waals surface area contributed by atoms with Gasteiger partial charge in [-0.05, 0) is 35.4 Å². The number of nitrogens with one attached hydrogen (secondary N) is 1. The maximum atomic E-state index is 4.73. The molecule has 4 aromatic rings. The summed E-state index contributed by atoms with van der Waals surface area (Å²) in [6.45, 7) is 2.10. The van der Waals surface area contributed by atoms with Crippen molar-refractivity contribution in [2.45, 2.75) is 6.92 Å². The van der Waals surface area contributed by atoms with Gasteiger partial charge in [-0.2, -0.15) is 0 Å². The number of para-hydroxylation sites is 1. The summed E-state index contributed by atoms with van der Waals surface area (Å²) >= 11 is 1.63. The normalized spacial score (nSPS) is 10.8. The lowest BCUT2D eigenvalue weighted by atomic mass is 10.1. The van der Waals surface area contributed by atoms with E-state index < -0.39 is 0 Å². The first-order valence-electron chi connectivity index (χ1n) is 7.57. The lowest BCUT2D eigenvalue weighted by molar-refractivity contribution is 1.36. The van der Waals surface area contributed by atoms with E-state index in [9.17, 15) is 0 Å². The number of nitrogens with zero attached hydrogens (tertiary/aromatic N) is 1. The summed E-state index contributed by atoms with van der Waals surface area (Å²) in [5.74, 6) is 0. The zero-order chi connectivity index (χ0) is 15.6. The molecule has 23 heavy (non-hydrogen) atoms. The number of anilines is 2. The quantitative estimate of drug-likeness (QED) is 0.500. The van der Waals surface area contributed by atoms with E-state index in [0.717, 1.165) is 22.1 Å². The molecule has 2 nitrogen and oxygen atoms in total. The highest BCUT2D eigenvalue weighted by Crippen LogP contribution is 2.29. The minimum absolute atomic E-state index is 0.919. The van der Waals surface area contributed by atoms with Crippen LogP contribution in [0.4, 0.5) is 10.8 Å². The van der Waals surface area contributed by atoms with E-state index in [1.807, 2.05) is 12.1 Å². The molecule has 0 bridgehead atoms. The zero-order valence-electron chi connectivity index (χ0n) is 12.8. The number of fused-ring (bicyclic) bond motifs is 1. The fourth-order valence-electron chi connectivity index (χ4n) is 2.64. The van der Waals surface area contributed by atoms with Crippen molar-refractivity contribution in [3.8, 4) is 11.3 Å². The monoisotopic (exact) mass is 316 g/mol.